The zero-order chi connectivity index (χ0) is 15.2. The van der Waals surface area contributed by atoms with Crippen LogP contribution in [0.1, 0.15) is 16.1 Å². The zero-order valence-corrected chi connectivity index (χ0v) is 11.9. The largest absolute Gasteiger partial charge is 0.478 e. The fourth-order valence-corrected chi connectivity index (χ4v) is 2.09. The highest BCUT2D eigenvalue weighted by Gasteiger charge is 2.14. The van der Waals surface area contributed by atoms with Gasteiger partial charge in [0.15, 0.2) is 0 Å². The lowest BCUT2D eigenvalue weighted by Crippen LogP contribution is -2.23. The second-order valence-corrected chi connectivity index (χ2v) is 4.82. The van der Waals surface area contributed by atoms with Gasteiger partial charge in [-0.15, -0.1) is 0 Å². The van der Waals surface area contributed by atoms with Crippen LogP contribution in [0.5, 0.6) is 0 Å². The van der Waals surface area contributed by atoms with E-state index < -0.39 is 5.97 Å². The van der Waals surface area contributed by atoms with Crippen molar-refractivity contribution in [2.45, 2.75) is 6.54 Å². The third-order valence-corrected chi connectivity index (χ3v) is 3.18. The zero-order valence-electron chi connectivity index (χ0n) is 11.9. The van der Waals surface area contributed by atoms with Gasteiger partial charge in [-0.25, -0.2) is 4.79 Å². The summed E-state index contributed by atoms with van der Waals surface area (Å²) in [6, 6.07) is 12.9. The number of benzene rings is 1. The Morgan fingerprint density at radius 1 is 1.19 bits per heavy atom. The number of hydrogen-bond acceptors (Lipinski definition) is 4. The van der Waals surface area contributed by atoms with Crippen LogP contribution in [0.25, 0.3) is 11.3 Å². The molecule has 0 saturated carbocycles. The minimum atomic E-state index is -0.991. The van der Waals surface area contributed by atoms with Crippen molar-refractivity contribution in [1.82, 2.24) is 9.88 Å². The molecule has 2 rings (SSSR count). The number of aliphatic hydroxyl groups excluding tert-OH is 1. The van der Waals surface area contributed by atoms with E-state index in [1.54, 1.807) is 12.1 Å². The van der Waals surface area contributed by atoms with Crippen molar-refractivity contribution < 1.29 is 15.0 Å². The molecule has 0 radical (unpaired) electrons. The number of carbonyl (C=O) groups is 1. The van der Waals surface area contributed by atoms with Gasteiger partial charge < -0.3 is 10.2 Å². The Balaban J connectivity index is 2.37. The molecule has 1 aromatic heterocycles. The predicted molar refractivity (Wildman–Crippen MR) is 80.1 cm³/mol. The number of hydrogen-bond donors (Lipinski definition) is 2. The summed E-state index contributed by atoms with van der Waals surface area (Å²) in [4.78, 5) is 17.6. The quantitative estimate of drug-likeness (QED) is 0.848. The van der Waals surface area contributed by atoms with Crippen molar-refractivity contribution in [3.8, 4) is 11.3 Å². The lowest BCUT2D eigenvalue weighted by molar-refractivity contribution is 0.0694. The van der Waals surface area contributed by atoms with Gasteiger partial charge in [0.25, 0.3) is 0 Å². The standard InChI is InChI=1S/C16H18N2O3/c1-18(9-10-19)11-15-13(16(20)21)7-8-14(17-15)12-5-3-2-4-6-12/h2-8,19H,9-11H2,1H3,(H,20,21). The number of aromatic carboxylic acids is 1. The molecule has 2 N–H and O–H groups in total. The normalized spacial score (nSPS) is 10.8. The number of pyridine rings is 1. The van der Waals surface area contributed by atoms with E-state index in [2.05, 4.69) is 4.98 Å². The molecule has 0 unspecified atom stereocenters. The van der Waals surface area contributed by atoms with Gasteiger partial charge in [-0.3, -0.25) is 9.88 Å². The van der Waals surface area contributed by atoms with Crippen molar-refractivity contribution in [2.24, 2.45) is 0 Å². The van der Waals surface area contributed by atoms with Crippen molar-refractivity contribution in [3.63, 3.8) is 0 Å². The van der Waals surface area contributed by atoms with Crippen LogP contribution in [0.4, 0.5) is 0 Å². The van der Waals surface area contributed by atoms with E-state index in [4.69, 9.17) is 5.11 Å². The molecular weight excluding hydrogens is 268 g/mol. The minimum absolute atomic E-state index is 0.0251. The first-order valence-corrected chi connectivity index (χ1v) is 6.70. The van der Waals surface area contributed by atoms with E-state index in [0.717, 1.165) is 11.3 Å². The summed E-state index contributed by atoms with van der Waals surface area (Å²) in [6.45, 7) is 0.871. The van der Waals surface area contributed by atoms with Crippen LogP contribution < -0.4 is 0 Å². The monoisotopic (exact) mass is 286 g/mol. The predicted octanol–water partition coefficient (Wildman–Crippen LogP) is 1.87. The highest BCUT2D eigenvalue weighted by Crippen LogP contribution is 2.19. The third kappa shape index (κ3) is 3.87. The molecule has 110 valence electrons. The fourth-order valence-electron chi connectivity index (χ4n) is 2.09. The molecule has 5 heteroatoms. The third-order valence-electron chi connectivity index (χ3n) is 3.18. The summed E-state index contributed by atoms with van der Waals surface area (Å²) in [5.41, 5.74) is 2.38. The van der Waals surface area contributed by atoms with Crippen LogP contribution in [-0.4, -0.2) is 46.3 Å². The number of nitrogens with zero attached hydrogens (tertiary/aromatic N) is 2. The average molecular weight is 286 g/mol. The van der Waals surface area contributed by atoms with Crippen LogP contribution >= 0.6 is 0 Å². The molecule has 0 aliphatic carbocycles. The van der Waals surface area contributed by atoms with E-state index in [1.165, 1.54) is 0 Å². The molecule has 0 bridgehead atoms. The molecule has 0 spiro atoms. The fraction of sp³-hybridized carbons (Fsp3) is 0.250. The summed E-state index contributed by atoms with van der Waals surface area (Å²) in [5.74, 6) is -0.991. The molecule has 2 aromatic rings. The molecule has 5 nitrogen and oxygen atoms in total. The molecule has 1 heterocycles. The number of likely N-dealkylation sites (N-methyl/N-ethyl adjacent to an activating group) is 1. The first-order chi connectivity index (χ1) is 10.1. The first kappa shape index (κ1) is 15.2. The van der Waals surface area contributed by atoms with Gasteiger partial charge in [-0.1, -0.05) is 30.3 Å². The molecule has 1 aromatic carbocycles. The summed E-state index contributed by atoms with van der Waals surface area (Å²) in [7, 11) is 1.82. The van der Waals surface area contributed by atoms with Crippen LogP contribution in [0.2, 0.25) is 0 Å². The summed E-state index contributed by atoms with van der Waals surface area (Å²) in [5, 5.41) is 18.2. The molecule has 0 aliphatic heterocycles. The molecule has 0 aliphatic rings. The Labute approximate surface area is 123 Å². The number of aliphatic hydroxyl groups is 1. The van der Waals surface area contributed by atoms with E-state index in [1.807, 2.05) is 42.3 Å². The van der Waals surface area contributed by atoms with Crippen LogP contribution in [-0.2, 0) is 6.54 Å². The lowest BCUT2D eigenvalue weighted by atomic mass is 10.1. The number of aromatic nitrogens is 1. The van der Waals surface area contributed by atoms with Gasteiger partial charge >= 0.3 is 5.97 Å². The Morgan fingerprint density at radius 3 is 2.52 bits per heavy atom. The van der Waals surface area contributed by atoms with Crippen molar-refractivity contribution >= 4 is 5.97 Å². The lowest BCUT2D eigenvalue weighted by Gasteiger charge is -2.16. The smallest absolute Gasteiger partial charge is 0.337 e. The Morgan fingerprint density at radius 2 is 1.90 bits per heavy atom. The highest BCUT2D eigenvalue weighted by atomic mass is 16.4. The molecule has 0 atom stereocenters. The van der Waals surface area contributed by atoms with E-state index in [-0.39, 0.29) is 12.2 Å². The summed E-state index contributed by atoms with van der Waals surface area (Å²) < 4.78 is 0. The van der Waals surface area contributed by atoms with Crippen molar-refractivity contribution in [2.75, 3.05) is 20.2 Å². The Hall–Kier alpha value is -2.24. The molecule has 0 saturated heterocycles. The summed E-state index contributed by atoms with van der Waals surface area (Å²) in [6.07, 6.45) is 0. The SMILES string of the molecule is CN(CCO)Cc1nc(-c2ccccc2)ccc1C(=O)O. The maximum atomic E-state index is 11.3. The van der Waals surface area contributed by atoms with Gasteiger partial charge in [-0.2, -0.15) is 0 Å². The van der Waals surface area contributed by atoms with Gasteiger partial charge in [-0.05, 0) is 19.2 Å². The van der Waals surface area contributed by atoms with E-state index in [0.29, 0.717) is 18.8 Å². The van der Waals surface area contributed by atoms with Crippen LogP contribution in [0.3, 0.4) is 0 Å². The maximum absolute atomic E-state index is 11.3. The second-order valence-electron chi connectivity index (χ2n) is 4.82. The molecule has 0 fully saturated rings. The Bertz CT molecular complexity index is 614. The van der Waals surface area contributed by atoms with Gasteiger partial charge in [0, 0.05) is 18.7 Å². The number of rotatable bonds is 6. The van der Waals surface area contributed by atoms with Gasteiger partial charge in [0.2, 0.25) is 0 Å². The highest BCUT2D eigenvalue weighted by molar-refractivity contribution is 5.89. The first-order valence-electron chi connectivity index (χ1n) is 6.70. The summed E-state index contributed by atoms with van der Waals surface area (Å²) >= 11 is 0. The van der Waals surface area contributed by atoms with E-state index >= 15 is 0 Å². The van der Waals surface area contributed by atoms with E-state index in [9.17, 15) is 9.90 Å². The maximum Gasteiger partial charge on any atom is 0.337 e. The number of carboxylic acids is 1. The van der Waals surface area contributed by atoms with Crippen LogP contribution in [0, 0.1) is 0 Å². The molecule has 0 amide bonds. The van der Waals surface area contributed by atoms with Crippen molar-refractivity contribution in [1.29, 1.82) is 0 Å². The van der Waals surface area contributed by atoms with Gasteiger partial charge in [0.05, 0.1) is 23.6 Å². The van der Waals surface area contributed by atoms with Crippen molar-refractivity contribution in [3.05, 3.63) is 53.7 Å². The van der Waals surface area contributed by atoms with Crippen LogP contribution in [0.15, 0.2) is 42.5 Å². The second kappa shape index (κ2) is 6.97. The average Bonchev–Trinajstić information content (AvgIpc) is 2.48. The van der Waals surface area contributed by atoms with Gasteiger partial charge in [0.1, 0.15) is 0 Å². The number of carboxylic acid groups (broad SMARTS) is 1. The minimum Gasteiger partial charge on any atom is -0.478 e. The Kier molecular flexibility index (Phi) is 5.03. The molecule has 21 heavy (non-hydrogen) atoms. The topological polar surface area (TPSA) is 73.7 Å². The molecular formula is C16H18N2O3.